The number of piperidine rings is 1. The SMILES string of the molecule is CCc1cc(C(=O)NC2CNCC(C)C2)n(CC)n1. The Morgan fingerprint density at radius 2 is 2.32 bits per heavy atom. The molecule has 1 aliphatic rings. The first-order valence-electron chi connectivity index (χ1n) is 7.22. The van der Waals surface area contributed by atoms with E-state index in [1.807, 2.05) is 13.0 Å². The van der Waals surface area contributed by atoms with E-state index in [2.05, 4.69) is 29.6 Å². The first-order valence-corrected chi connectivity index (χ1v) is 7.22. The summed E-state index contributed by atoms with van der Waals surface area (Å²) < 4.78 is 1.79. The molecule has 1 fully saturated rings. The number of carbonyl (C=O) groups is 1. The number of nitrogens with one attached hydrogen (secondary N) is 2. The van der Waals surface area contributed by atoms with E-state index in [0.29, 0.717) is 11.6 Å². The second kappa shape index (κ2) is 6.19. The Hall–Kier alpha value is -1.36. The van der Waals surface area contributed by atoms with Crippen LogP contribution in [0.2, 0.25) is 0 Å². The third-order valence-corrected chi connectivity index (χ3v) is 3.63. The van der Waals surface area contributed by atoms with Gasteiger partial charge in [0.05, 0.1) is 5.69 Å². The van der Waals surface area contributed by atoms with Gasteiger partial charge >= 0.3 is 0 Å². The van der Waals surface area contributed by atoms with Gasteiger partial charge in [-0.2, -0.15) is 5.10 Å². The van der Waals surface area contributed by atoms with E-state index in [-0.39, 0.29) is 11.9 Å². The summed E-state index contributed by atoms with van der Waals surface area (Å²) in [6, 6.07) is 2.12. The minimum absolute atomic E-state index is 0.00468. The highest BCUT2D eigenvalue weighted by Crippen LogP contribution is 2.11. The molecular weight excluding hydrogens is 240 g/mol. The Morgan fingerprint density at radius 1 is 1.53 bits per heavy atom. The van der Waals surface area contributed by atoms with Crippen LogP contribution in [0.3, 0.4) is 0 Å². The average Bonchev–Trinajstić information content (AvgIpc) is 2.82. The molecule has 5 heteroatoms. The van der Waals surface area contributed by atoms with Gasteiger partial charge < -0.3 is 10.6 Å². The van der Waals surface area contributed by atoms with Crippen LogP contribution in [0.15, 0.2) is 6.07 Å². The molecule has 1 amide bonds. The number of hydrogen-bond acceptors (Lipinski definition) is 3. The molecule has 1 saturated heterocycles. The molecule has 5 nitrogen and oxygen atoms in total. The van der Waals surface area contributed by atoms with Crippen molar-refractivity contribution in [1.29, 1.82) is 0 Å². The fraction of sp³-hybridized carbons (Fsp3) is 0.714. The van der Waals surface area contributed by atoms with Crippen LogP contribution in [0.25, 0.3) is 0 Å². The van der Waals surface area contributed by atoms with Gasteiger partial charge in [-0.25, -0.2) is 0 Å². The van der Waals surface area contributed by atoms with E-state index < -0.39 is 0 Å². The van der Waals surface area contributed by atoms with E-state index in [4.69, 9.17) is 0 Å². The summed E-state index contributed by atoms with van der Waals surface area (Å²) in [7, 11) is 0. The van der Waals surface area contributed by atoms with Gasteiger partial charge in [0.2, 0.25) is 0 Å². The zero-order valence-electron chi connectivity index (χ0n) is 12.1. The second-order valence-corrected chi connectivity index (χ2v) is 5.36. The number of hydrogen-bond donors (Lipinski definition) is 2. The molecule has 2 rings (SSSR count). The van der Waals surface area contributed by atoms with Gasteiger partial charge in [0.15, 0.2) is 0 Å². The minimum Gasteiger partial charge on any atom is -0.347 e. The van der Waals surface area contributed by atoms with Gasteiger partial charge in [0.25, 0.3) is 5.91 Å². The lowest BCUT2D eigenvalue weighted by Gasteiger charge is -2.28. The topological polar surface area (TPSA) is 59.0 Å². The monoisotopic (exact) mass is 264 g/mol. The number of amides is 1. The van der Waals surface area contributed by atoms with Crippen LogP contribution < -0.4 is 10.6 Å². The van der Waals surface area contributed by atoms with Crippen molar-refractivity contribution >= 4 is 5.91 Å². The summed E-state index contributed by atoms with van der Waals surface area (Å²) in [6.45, 7) is 8.89. The van der Waals surface area contributed by atoms with Gasteiger partial charge in [-0.1, -0.05) is 13.8 Å². The van der Waals surface area contributed by atoms with Crippen molar-refractivity contribution in [3.63, 3.8) is 0 Å². The van der Waals surface area contributed by atoms with Gasteiger partial charge in [-0.3, -0.25) is 9.48 Å². The normalized spacial score (nSPS) is 23.3. The fourth-order valence-electron chi connectivity index (χ4n) is 2.59. The van der Waals surface area contributed by atoms with Gasteiger partial charge in [0.1, 0.15) is 5.69 Å². The number of rotatable bonds is 4. The molecule has 2 atom stereocenters. The molecule has 0 saturated carbocycles. The Labute approximate surface area is 114 Å². The Bertz CT molecular complexity index is 441. The predicted octanol–water partition coefficient (Wildman–Crippen LogP) is 1.19. The third kappa shape index (κ3) is 3.35. The van der Waals surface area contributed by atoms with Crippen LogP contribution in [0, 0.1) is 5.92 Å². The lowest BCUT2D eigenvalue weighted by molar-refractivity contribution is 0.0914. The molecule has 1 aromatic rings. The summed E-state index contributed by atoms with van der Waals surface area (Å²) >= 11 is 0. The first-order chi connectivity index (χ1) is 9.13. The van der Waals surface area contributed by atoms with Crippen LogP contribution in [-0.2, 0) is 13.0 Å². The maximum Gasteiger partial charge on any atom is 0.269 e. The van der Waals surface area contributed by atoms with Crippen molar-refractivity contribution in [2.45, 2.75) is 46.2 Å². The van der Waals surface area contributed by atoms with Crippen LogP contribution >= 0.6 is 0 Å². The molecule has 0 aromatic carbocycles. The largest absolute Gasteiger partial charge is 0.347 e. The van der Waals surface area contributed by atoms with Crippen molar-refractivity contribution in [3.05, 3.63) is 17.5 Å². The average molecular weight is 264 g/mol. The van der Waals surface area contributed by atoms with E-state index in [0.717, 1.165) is 38.2 Å². The van der Waals surface area contributed by atoms with E-state index >= 15 is 0 Å². The maximum absolute atomic E-state index is 12.3. The zero-order chi connectivity index (χ0) is 13.8. The van der Waals surface area contributed by atoms with Gasteiger partial charge in [0, 0.05) is 19.1 Å². The highest BCUT2D eigenvalue weighted by Gasteiger charge is 2.22. The van der Waals surface area contributed by atoms with E-state index in [9.17, 15) is 4.79 Å². The Morgan fingerprint density at radius 3 is 2.95 bits per heavy atom. The number of aryl methyl sites for hydroxylation is 2. The summed E-state index contributed by atoms with van der Waals surface area (Å²) in [5.41, 5.74) is 1.65. The Balaban J connectivity index is 2.04. The molecule has 19 heavy (non-hydrogen) atoms. The molecular formula is C14H24N4O. The fourth-order valence-corrected chi connectivity index (χ4v) is 2.59. The first kappa shape index (κ1) is 14.1. The second-order valence-electron chi connectivity index (χ2n) is 5.36. The molecule has 0 aliphatic carbocycles. The van der Waals surface area contributed by atoms with E-state index in [1.165, 1.54) is 0 Å². The highest BCUT2D eigenvalue weighted by molar-refractivity contribution is 5.92. The number of aromatic nitrogens is 2. The van der Waals surface area contributed by atoms with Crippen molar-refractivity contribution in [2.24, 2.45) is 5.92 Å². The summed E-state index contributed by atoms with van der Waals surface area (Å²) in [4.78, 5) is 12.3. The van der Waals surface area contributed by atoms with Crippen LogP contribution in [0.1, 0.15) is 43.4 Å². The molecule has 0 spiro atoms. The maximum atomic E-state index is 12.3. The van der Waals surface area contributed by atoms with Crippen molar-refractivity contribution in [3.8, 4) is 0 Å². The minimum atomic E-state index is -0.00468. The zero-order valence-corrected chi connectivity index (χ0v) is 12.1. The lowest BCUT2D eigenvalue weighted by atomic mass is 9.97. The lowest BCUT2D eigenvalue weighted by Crippen LogP contribution is -2.48. The van der Waals surface area contributed by atoms with Gasteiger partial charge in [-0.15, -0.1) is 0 Å². The van der Waals surface area contributed by atoms with E-state index in [1.54, 1.807) is 4.68 Å². The summed E-state index contributed by atoms with van der Waals surface area (Å²) in [5.74, 6) is 0.608. The van der Waals surface area contributed by atoms with Crippen molar-refractivity contribution in [2.75, 3.05) is 13.1 Å². The molecule has 2 unspecified atom stereocenters. The molecule has 0 bridgehead atoms. The van der Waals surface area contributed by atoms with Crippen LogP contribution in [-0.4, -0.2) is 34.8 Å². The van der Waals surface area contributed by atoms with Crippen molar-refractivity contribution < 1.29 is 4.79 Å². The predicted molar refractivity (Wildman–Crippen MR) is 75.2 cm³/mol. The molecule has 1 aromatic heterocycles. The standard InChI is InChI=1S/C14H24N4O/c1-4-11-7-13(18(5-2)17-11)14(19)16-12-6-10(3)8-15-9-12/h7,10,12,15H,4-6,8-9H2,1-3H3,(H,16,19). The quantitative estimate of drug-likeness (QED) is 0.859. The third-order valence-electron chi connectivity index (χ3n) is 3.63. The van der Waals surface area contributed by atoms with Gasteiger partial charge in [-0.05, 0) is 38.3 Å². The molecule has 0 radical (unpaired) electrons. The summed E-state index contributed by atoms with van der Waals surface area (Å²) in [6.07, 6.45) is 1.90. The smallest absolute Gasteiger partial charge is 0.269 e. The van der Waals surface area contributed by atoms with Crippen LogP contribution in [0.5, 0.6) is 0 Å². The van der Waals surface area contributed by atoms with Crippen LogP contribution in [0.4, 0.5) is 0 Å². The molecule has 106 valence electrons. The molecule has 1 aliphatic heterocycles. The summed E-state index contributed by atoms with van der Waals surface area (Å²) in [5, 5.41) is 10.9. The van der Waals surface area contributed by atoms with Crippen molar-refractivity contribution in [1.82, 2.24) is 20.4 Å². The Kier molecular flexibility index (Phi) is 4.58. The molecule has 2 heterocycles. The molecule has 2 N–H and O–H groups in total. The number of carbonyl (C=O) groups excluding carboxylic acids is 1. The number of nitrogens with zero attached hydrogens (tertiary/aromatic N) is 2. The highest BCUT2D eigenvalue weighted by atomic mass is 16.2.